The van der Waals surface area contributed by atoms with Crippen LogP contribution in [-0.4, -0.2) is 46.4 Å². The molecule has 2 heterocycles. The molecule has 0 aliphatic heterocycles. The summed E-state index contributed by atoms with van der Waals surface area (Å²) in [5.41, 5.74) is 1.76. The van der Waals surface area contributed by atoms with Gasteiger partial charge in [0.25, 0.3) is 11.8 Å². The Hall–Kier alpha value is -2.74. The van der Waals surface area contributed by atoms with Gasteiger partial charge in [-0.3, -0.25) is 19.4 Å². The second-order valence-corrected chi connectivity index (χ2v) is 7.27. The highest BCUT2D eigenvalue weighted by Crippen LogP contribution is 2.39. The van der Waals surface area contributed by atoms with Crippen molar-refractivity contribution >= 4 is 34.1 Å². The van der Waals surface area contributed by atoms with E-state index in [9.17, 15) is 14.4 Å². The standard InChI is InChI=1S/C18H19N3O4S/c1-21(10-14(22)23)18(25)15-12-6-2-3-7-13(12)26-17(15)20-16(24)11-5-4-8-19-9-11/h4-5,8-9H,2-3,6-7,10H2,1H3,(H,20,24)(H,22,23). The summed E-state index contributed by atoms with van der Waals surface area (Å²) in [4.78, 5) is 42.5. The van der Waals surface area contributed by atoms with Crippen LogP contribution in [0.25, 0.3) is 0 Å². The number of carboxylic acid groups (broad SMARTS) is 1. The molecule has 2 N–H and O–H groups in total. The lowest BCUT2D eigenvalue weighted by Crippen LogP contribution is -2.33. The second-order valence-electron chi connectivity index (χ2n) is 6.17. The molecular weight excluding hydrogens is 354 g/mol. The van der Waals surface area contributed by atoms with E-state index in [-0.39, 0.29) is 18.4 Å². The van der Waals surface area contributed by atoms with Crippen molar-refractivity contribution in [1.29, 1.82) is 0 Å². The van der Waals surface area contributed by atoms with Gasteiger partial charge in [0, 0.05) is 24.3 Å². The molecule has 2 aromatic heterocycles. The van der Waals surface area contributed by atoms with Crippen LogP contribution in [-0.2, 0) is 17.6 Å². The van der Waals surface area contributed by atoms with Gasteiger partial charge in [-0.1, -0.05) is 0 Å². The average molecular weight is 373 g/mol. The van der Waals surface area contributed by atoms with Gasteiger partial charge in [-0.15, -0.1) is 11.3 Å². The third-order valence-electron chi connectivity index (χ3n) is 4.26. The number of hydrogen-bond acceptors (Lipinski definition) is 5. The zero-order valence-electron chi connectivity index (χ0n) is 14.3. The number of aryl methyl sites for hydroxylation is 1. The van der Waals surface area contributed by atoms with Crippen molar-refractivity contribution in [3.8, 4) is 0 Å². The molecule has 0 atom stereocenters. The molecule has 3 rings (SSSR count). The van der Waals surface area contributed by atoms with Crippen LogP contribution < -0.4 is 5.32 Å². The normalized spacial score (nSPS) is 13.0. The quantitative estimate of drug-likeness (QED) is 0.838. The summed E-state index contributed by atoms with van der Waals surface area (Å²) < 4.78 is 0. The number of carboxylic acids is 1. The van der Waals surface area contributed by atoms with Crippen LogP contribution in [0, 0.1) is 0 Å². The first-order valence-corrected chi connectivity index (χ1v) is 9.12. The first-order chi connectivity index (χ1) is 12.5. The summed E-state index contributed by atoms with van der Waals surface area (Å²) in [5, 5.41) is 12.3. The summed E-state index contributed by atoms with van der Waals surface area (Å²) in [5.74, 6) is -1.80. The number of nitrogens with zero attached hydrogens (tertiary/aromatic N) is 2. The largest absolute Gasteiger partial charge is 0.480 e. The Balaban J connectivity index is 1.94. The Morgan fingerprint density at radius 1 is 1.31 bits per heavy atom. The Morgan fingerprint density at radius 2 is 2.08 bits per heavy atom. The molecule has 2 amide bonds. The van der Waals surface area contributed by atoms with Gasteiger partial charge in [-0.05, 0) is 43.4 Å². The Labute approximate surface area is 154 Å². The van der Waals surface area contributed by atoms with E-state index in [1.165, 1.54) is 29.5 Å². The molecule has 1 aliphatic carbocycles. The van der Waals surface area contributed by atoms with E-state index in [1.807, 2.05) is 0 Å². The molecule has 26 heavy (non-hydrogen) atoms. The topological polar surface area (TPSA) is 99.6 Å². The van der Waals surface area contributed by atoms with Crippen molar-refractivity contribution in [2.24, 2.45) is 0 Å². The second kappa shape index (κ2) is 7.65. The monoisotopic (exact) mass is 373 g/mol. The molecular formula is C18H19N3O4S. The lowest BCUT2D eigenvalue weighted by molar-refractivity contribution is -0.137. The lowest BCUT2D eigenvalue weighted by Gasteiger charge is -2.18. The van der Waals surface area contributed by atoms with Gasteiger partial charge >= 0.3 is 5.97 Å². The third-order valence-corrected chi connectivity index (χ3v) is 5.46. The van der Waals surface area contributed by atoms with E-state index in [0.29, 0.717) is 16.1 Å². The number of amides is 2. The van der Waals surface area contributed by atoms with Gasteiger partial charge < -0.3 is 15.3 Å². The molecule has 136 valence electrons. The average Bonchev–Trinajstić information content (AvgIpc) is 2.99. The number of aromatic nitrogens is 1. The van der Waals surface area contributed by atoms with E-state index in [1.54, 1.807) is 18.3 Å². The number of carbonyl (C=O) groups excluding carboxylic acids is 2. The van der Waals surface area contributed by atoms with Crippen LogP contribution in [0.1, 0.15) is 44.0 Å². The summed E-state index contributed by atoms with van der Waals surface area (Å²) in [7, 11) is 1.45. The van der Waals surface area contributed by atoms with Crippen LogP contribution in [0.3, 0.4) is 0 Å². The minimum absolute atomic E-state index is 0.341. The Kier molecular flexibility index (Phi) is 5.32. The summed E-state index contributed by atoms with van der Waals surface area (Å²) >= 11 is 1.40. The fraction of sp³-hybridized carbons (Fsp3) is 0.333. The van der Waals surface area contributed by atoms with Crippen molar-refractivity contribution in [2.45, 2.75) is 25.7 Å². The molecule has 0 saturated heterocycles. The van der Waals surface area contributed by atoms with Crippen molar-refractivity contribution < 1.29 is 19.5 Å². The molecule has 2 aromatic rings. The summed E-state index contributed by atoms with van der Waals surface area (Å²) in [6.45, 7) is -0.389. The van der Waals surface area contributed by atoms with Crippen LogP contribution in [0.5, 0.6) is 0 Å². The zero-order chi connectivity index (χ0) is 18.7. The van der Waals surface area contributed by atoms with Crippen LogP contribution in [0.4, 0.5) is 5.00 Å². The number of nitrogens with one attached hydrogen (secondary N) is 1. The first-order valence-electron chi connectivity index (χ1n) is 8.30. The van der Waals surface area contributed by atoms with E-state index >= 15 is 0 Å². The number of fused-ring (bicyclic) bond motifs is 1. The van der Waals surface area contributed by atoms with Gasteiger partial charge in [0.2, 0.25) is 0 Å². The van der Waals surface area contributed by atoms with Gasteiger partial charge in [0.1, 0.15) is 11.5 Å². The third kappa shape index (κ3) is 3.75. The summed E-state index contributed by atoms with van der Waals surface area (Å²) in [6, 6.07) is 3.31. The number of thiophene rings is 1. The molecule has 8 heteroatoms. The van der Waals surface area contributed by atoms with E-state index in [2.05, 4.69) is 10.3 Å². The highest BCUT2D eigenvalue weighted by molar-refractivity contribution is 7.17. The number of hydrogen-bond donors (Lipinski definition) is 2. The minimum atomic E-state index is -1.08. The summed E-state index contributed by atoms with van der Waals surface area (Å²) in [6.07, 6.45) is 6.68. The molecule has 0 spiro atoms. The molecule has 0 aromatic carbocycles. The Bertz CT molecular complexity index is 848. The minimum Gasteiger partial charge on any atom is -0.480 e. The van der Waals surface area contributed by atoms with Crippen LogP contribution >= 0.6 is 11.3 Å². The van der Waals surface area contributed by atoms with E-state index in [4.69, 9.17) is 5.11 Å². The highest BCUT2D eigenvalue weighted by Gasteiger charge is 2.28. The molecule has 0 unspecified atom stereocenters. The van der Waals surface area contributed by atoms with Crippen LogP contribution in [0.2, 0.25) is 0 Å². The molecule has 7 nitrogen and oxygen atoms in total. The predicted octanol–water partition coefficient (Wildman–Crippen LogP) is 2.43. The fourth-order valence-electron chi connectivity index (χ4n) is 3.02. The zero-order valence-corrected chi connectivity index (χ0v) is 15.1. The van der Waals surface area contributed by atoms with Crippen molar-refractivity contribution in [3.63, 3.8) is 0 Å². The van der Waals surface area contributed by atoms with Gasteiger partial charge in [0.15, 0.2) is 0 Å². The number of likely N-dealkylation sites (N-methyl/N-ethyl adjacent to an activating group) is 1. The van der Waals surface area contributed by atoms with Crippen molar-refractivity contribution in [2.75, 3.05) is 18.9 Å². The maximum Gasteiger partial charge on any atom is 0.323 e. The number of pyridine rings is 1. The highest BCUT2D eigenvalue weighted by atomic mass is 32.1. The number of carbonyl (C=O) groups is 3. The van der Waals surface area contributed by atoms with Crippen molar-refractivity contribution in [3.05, 3.63) is 46.1 Å². The van der Waals surface area contributed by atoms with E-state index < -0.39 is 5.97 Å². The lowest BCUT2D eigenvalue weighted by atomic mass is 9.95. The fourth-order valence-corrected chi connectivity index (χ4v) is 4.29. The smallest absolute Gasteiger partial charge is 0.323 e. The molecule has 0 saturated carbocycles. The maximum absolute atomic E-state index is 12.9. The Morgan fingerprint density at radius 3 is 2.77 bits per heavy atom. The van der Waals surface area contributed by atoms with E-state index in [0.717, 1.165) is 36.1 Å². The maximum atomic E-state index is 12.9. The van der Waals surface area contributed by atoms with Gasteiger partial charge in [0.05, 0.1) is 11.1 Å². The van der Waals surface area contributed by atoms with Crippen LogP contribution in [0.15, 0.2) is 24.5 Å². The number of aliphatic carboxylic acids is 1. The molecule has 0 fully saturated rings. The number of anilines is 1. The molecule has 1 aliphatic rings. The molecule has 0 radical (unpaired) electrons. The SMILES string of the molecule is CN(CC(=O)O)C(=O)c1c(NC(=O)c2cccnc2)sc2c1CCCC2. The number of rotatable bonds is 5. The van der Waals surface area contributed by atoms with Gasteiger partial charge in [-0.25, -0.2) is 0 Å². The first kappa shape index (κ1) is 18.1. The predicted molar refractivity (Wildman–Crippen MR) is 97.7 cm³/mol. The van der Waals surface area contributed by atoms with Crippen molar-refractivity contribution in [1.82, 2.24) is 9.88 Å². The van der Waals surface area contributed by atoms with Gasteiger partial charge in [-0.2, -0.15) is 0 Å². The molecule has 0 bridgehead atoms.